The van der Waals surface area contributed by atoms with Gasteiger partial charge in [0.25, 0.3) is 0 Å². The van der Waals surface area contributed by atoms with Gasteiger partial charge < -0.3 is 80.0 Å². The zero-order valence-corrected chi connectivity index (χ0v) is 45.5. The van der Waals surface area contributed by atoms with E-state index in [1.807, 2.05) is 0 Å². The van der Waals surface area contributed by atoms with Crippen LogP contribution in [0.1, 0.15) is 72.7 Å². The molecular weight excluding hydrogens is 1100 g/mol. The van der Waals surface area contributed by atoms with E-state index in [1.54, 1.807) is 190 Å². The average Bonchev–Trinajstić information content (AvgIpc) is 3.47. The Kier molecular flexibility index (Phi) is 27.6. The Bertz CT molecular complexity index is 2600. The Labute approximate surface area is 471 Å². The van der Waals surface area contributed by atoms with Gasteiger partial charge in [0.1, 0.15) is 49.4 Å². The van der Waals surface area contributed by atoms with Gasteiger partial charge in [0.05, 0.1) is 51.2 Å². The summed E-state index contributed by atoms with van der Waals surface area (Å²) in [7, 11) is 6.30. The first-order valence-electron chi connectivity index (χ1n) is 22.9. The van der Waals surface area contributed by atoms with E-state index >= 15 is 0 Å². The predicted molar refractivity (Wildman–Crippen MR) is 283 cm³/mol. The molecule has 0 atom stereocenters. The second-order valence-corrected chi connectivity index (χ2v) is 15.6. The molecule has 0 radical (unpaired) electrons. The Morgan fingerprint density at radius 2 is 0.538 bits per heavy atom. The van der Waals surface area contributed by atoms with E-state index in [1.165, 1.54) is 0 Å². The molecule has 22 nitrogen and oxygen atoms in total. The number of ether oxygens (including phenoxy) is 8. The summed E-state index contributed by atoms with van der Waals surface area (Å²) in [5.74, 6) is 2.83. The van der Waals surface area contributed by atoms with E-state index in [2.05, 4.69) is 52.1 Å². The molecule has 0 fully saturated rings. The maximum Gasteiger partial charge on any atom is 2.00 e. The normalized spacial score (nSPS) is 11.1. The summed E-state index contributed by atoms with van der Waals surface area (Å²) >= 11 is 0. The number of methoxy groups -OCH3 is 4. The molecular formula is C54H54N10Ni2O12. The Balaban J connectivity index is 0.000000400. The number of amides is 4. The third-order valence-corrected chi connectivity index (χ3v) is 10.2. The first kappa shape index (κ1) is 63.4. The summed E-state index contributed by atoms with van der Waals surface area (Å²) in [6, 6.07) is 38.7. The predicted octanol–water partition coefficient (Wildman–Crippen LogP) is 11.9. The van der Waals surface area contributed by atoms with E-state index in [-0.39, 0.29) is 59.4 Å². The zero-order valence-electron chi connectivity index (χ0n) is 43.5. The van der Waals surface area contributed by atoms with Gasteiger partial charge >= 0.3 is 33.0 Å². The fourth-order valence-electron chi connectivity index (χ4n) is 5.93. The Morgan fingerprint density at radius 1 is 0.346 bits per heavy atom. The second kappa shape index (κ2) is 33.9. The summed E-state index contributed by atoms with van der Waals surface area (Å²) < 4.78 is 40.8. The molecule has 0 saturated heterocycles. The largest absolute Gasteiger partial charge is 2.00 e. The van der Waals surface area contributed by atoms with Gasteiger partial charge in [-0.05, 0) is 123 Å². The number of carbonyl (C=O) groups excluding carboxylic acids is 4. The molecule has 2 aromatic heterocycles. The topological polar surface area (TPSA) is 274 Å². The molecule has 2 heterocycles. The maximum atomic E-state index is 12.0. The van der Waals surface area contributed by atoms with Crippen LogP contribution in [-0.2, 0) is 78.4 Å². The smallest absolute Gasteiger partial charge is 0.508 e. The van der Waals surface area contributed by atoms with Gasteiger partial charge in [-0.25, -0.2) is 9.97 Å². The van der Waals surface area contributed by atoms with E-state index in [0.717, 1.165) is 22.3 Å². The number of aromatic nitrogens is 2. The molecule has 0 spiro atoms. The standard InChI is InChI=1S/2C27H29N5O6.2Ni/c2*1-18(29-31-26(33)37-16-20-8-12-22(35-3)13-9-20)24-6-5-7-25(28-24)19(2)30-32-27(34)38-17-21-10-14-23(36-4)15-11-21;;/h2*5-15H,16-17H2,1-4H3,(H2,28,31,32,33,34);;/q;;2*+2/p-4. The fraction of sp³-hybridized carbons (Fsp3) is 0.222. The molecule has 78 heavy (non-hydrogen) atoms. The first-order valence-corrected chi connectivity index (χ1v) is 22.9. The van der Waals surface area contributed by atoms with Crippen molar-refractivity contribution in [2.24, 2.45) is 20.4 Å². The van der Waals surface area contributed by atoms with Crippen LogP contribution in [0.15, 0.2) is 154 Å². The molecule has 24 heteroatoms. The van der Waals surface area contributed by atoms with Crippen molar-refractivity contribution in [3.63, 3.8) is 0 Å². The van der Waals surface area contributed by atoms with Crippen molar-refractivity contribution in [2.45, 2.75) is 54.1 Å². The van der Waals surface area contributed by atoms with Gasteiger partial charge in [-0.3, -0.25) is 19.2 Å². The quantitative estimate of drug-likeness (QED) is 0.0298. The minimum atomic E-state index is -0.832. The SMILES string of the molecule is COc1ccc(COC(=O)[N-]/N=C(\C)c2cccc(/C(C)=N/[N-]C(=O)OCc3ccc(OC)cc3)n2)cc1.COc1ccc(COC(=O)[N-]/N=C(\C)c2cccc(/C(C)=N/[N-]C(=O)OCc3ccc(OC)cc3)n2)cc1.[Ni+2].[Ni+2]. The molecule has 6 rings (SSSR count). The molecule has 0 unspecified atom stereocenters. The van der Waals surface area contributed by atoms with Crippen molar-refractivity contribution in [3.8, 4) is 23.0 Å². The molecule has 4 aromatic carbocycles. The number of hydrogen-bond donors (Lipinski definition) is 0. The van der Waals surface area contributed by atoms with E-state index < -0.39 is 24.4 Å². The van der Waals surface area contributed by atoms with Crippen LogP contribution in [0.2, 0.25) is 0 Å². The van der Waals surface area contributed by atoms with Crippen molar-refractivity contribution in [2.75, 3.05) is 28.4 Å². The number of pyridine rings is 2. The summed E-state index contributed by atoms with van der Waals surface area (Å²) in [5.41, 5.74) is 20.9. The van der Waals surface area contributed by atoms with Crippen LogP contribution in [0.25, 0.3) is 21.7 Å². The zero-order chi connectivity index (χ0) is 54.7. The van der Waals surface area contributed by atoms with Crippen molar-refractivity contribution in [1.29, 1.82) is 0 Å². The molecule has 4 amide bonds. The summed E-state index contributed by atoms with van der Waals surface area (Å²) in [5, 5.41) is 15.6. The van der Waals surface area contributed by atoms with Crippen LogP contribution >= 0.6 is 0 Å². The van der Waals surface area contributed by atoms with Crippen LogP contribution in [0, 0.1) is 0 Å². The number of nitrogens with zero attached hydrogens (tertiary/aromatic N) is 10. The maximum absolute atomic E-state index is 12.0. The third kappa shape index (κ3) is 22.1. The monoisotopic (exact) mass is 1150 g/mol. The van der Waals surface area contributed by atoms with Crippen molar-refractivity contribution < 1.29 is 90.1 Å². The number of hydrogen-bond acceptors (Lipinski definition) is 18. The van der Waals surface area contributed by atoms with E-state index in [0.29, 0.717) is 68.6 Å². The molecule has 0 aliphatic rings. The van der Waals surface area contributed by atoms with Gasteiger partial charge in [-0.1, -0.05) is 60.7 Å². The minimum absolute atomic E-state index is 0. The van der Waals surface area contributed by atoms with Gasteiger partial charge in [0.15, 0.2) is 0 Å². The van der Waals surface area contributed by atoms with Crippen LogP contribution in [0.3, 0.4) is 0 Å². The Morgan fingerprint density at radius 3 is 0.718 bits per heavy atom. The van der Waals surface area contributed by atoms with Crippen molar-refractivity contribution in [1.82, 2.24) is 9.97 Å². The Hall–Kier alpha value is -8.87. The van der Waals surface area contributed by atoms with Gasteiger partial charge in [0.2, 0.25) is 24.4 Å². The third-order valence-electron chi connectivity index (χ3n) is 10.2. The summed E-state index contributed by atoms with van der Waals surface area (Å²) in [6.07, 6.45) is -3.33. The second-order valence-electron chi connectivity index (χ2n) is 15.6. The molecule has 0 N–H and O–H groups in total. The number of benzene rings is 4. The van der Waals surface area contributed by atoms with Gasteiger partial charge in [-0.15, -0.1) is 0 Å². The molecule has 0 aliphatic heterocycles. The van der Waals surface area contributed by atoms with Gasteiger partial charge in [-0.2, -0.15) is 0 Å². The number of rotatable bonds is 20. The van der Waals surface area contributed by atoms with E-state index in [4.69, 9.17) is 37.9 Å². The van der Waals surface area contributed by atoms with Crippen molar-refractivity contribution >= 4 is 47.2 Å². The summed E-state index contributed by atoms with van der Waals surface area (Å²) in [6.45, 7) is 6.82. The van der Waals surface area contributed by atoms with E-state index in [9.17, 15) is 19.2 Å². The molecule has 0 bridgehead atoms. The van der Waals surface area contributed by atoms with Gasteiger partial charge in [0, 0.05) is 22.8 Å². The van der Waals surface area contributed by atoms with Crippen LogP contribution in [-0.4, -0.2) is 85.6 Å². The summed E-state index contributed by atoms with van der Waals surface area (Å²) in [4.78, 5) is 56.7. The van der Waals surface area contributed by atoms with Crippen molar-refractivity contribution in [3.05, 3.63) is 200 Å². The first-order chi connectivity index (χ1) is 36.7. The van der Waals surface area contributed by atoms with Crippen LogP contribution in [0.5, 0.6) is 23.0 Å². The molecule has 0 aliphatic carbocycles. The fourth-order valence-corrected chi connectivity index (χ4v) is 5.93. The number of carbonyl (C=O) groups is 4. The van der Waals surface area contributed by atoms with Crippen LogP contribution < -0.4 is 18.9 Å². The molecule has 0 saturated carbocycles. The minimum Gasteiger partial charge on any atom is -0.508 e. The average molecular weight is 1150 g/mol. The van der Waals surface area contributed by atoms with Crippen LogP contribution in [0.4, 0.5) is 19.2 Å². The molecule has 6 aromatic rings. The molecule has 412 valence electrons.